The van der Waals surface area contributed by atoms with E-state index < -0.39 is 10.0 Å². The molecule has 1 aliphatic carbocycles. The Balaban J connectivity index is 1.97. The van der Waals surface area contributed by atoms with Gasteiger partial charge in [0, 0.05) is 27.8 Å². The minimum absolute atomic E-state index is 0.0939. The second-order valence-corrected chi connectivity index (χ2v) is 8.42. The Bertz CT molecular complexity index is 783. The average molecular weight is 322 g/mol. The van der Waals surface area contributed by atoms with Crippen LogP contribution in [0.3, 0.4) is 0 Å². The molecule has 0 spiro atoms. The highest BCUT2D eigenvalue weighted by Gasteiger charge is 2.42. The monoisotopic (exact) mass is 322 g/mol. The van der Waals surface area contributed by atoms with E-state index in [1.807, 2.05) is 24.5 Å². The molecular weight excluding hydrogens is 304 g/mol. The van der Waals surface area contributed by atoms with Crippen LogP contribution in [0.4, 0.5) is 5.69 Å². The molecule has 0 saturated heterocycles. The Morgan fingerprint density at radius 3 is 2.48 bits per heavy atom. The number of rotatable bonds is 5. The summed E-state index contributed by atoms with van der Waals surface area (Å²) in [5.41, 5.74) is 6.51. The topological polar surface area (TPSA) is 72.2 Å². The van der Waals surface area contributed by atoms with Gasteiger partial charge in [0.2, 0.25) is 10.0 Å². The summed E-state index contributed by atoms with van der Waals surface area (Å²) in [6, 6.07) is 10.5. The predicted molar refractivity (Wildman–Crippen MR) is 89.0 cm³/mol. The summed E-state index contributed by atoms with van der Waals surface area (Å²) in [5.74, 6) is 0. The number of nitrogens with one attached hydrogen (secondary N) is 1. The second kappa shape index (κ2) is 5.19. The maximum atomic E-state index is 12.6. The van der Waals surface area contributed by atoms with Crippen molar-refractivity contribution >= 4 is 38.2 Å². The average Bonchev–Trinajstić information content (AvgIpc) is 3.26. The lowest BCUT2D eigenvalue weighted by atomic mass is 10.1. The van der Waals surface area contributed by atoms with E-state index in [4.69, 9.17) is 5.73 Å². The van der Waals surface area contributed by atoms with Crippen LogP contribution in [-0.2, 0) is 10.0 Å². The summed E-state index contributed by atoms with van der Waals surface area (Å²) >= 11 is 1.73. The number of hydrogen-bond acceptors (Lipinski definition) is 4. The zero-order chi connectivity index (χ0) is 15.1. The van der Waals surface area contributed by atoms with Gasteiger partial charge in [-0.25, -0.2) is 13.1 Å². The molecule has 0 aromatic heterocycles. The molecule has 0 atom stereocenters. The van der Waals surface area contributed by atoms with Crippen molar-refractivity contribution in [3.63, 3.8) is 0 Å². The first-order chi connectivity index (χ1) is 9.97. The van der Waals surface area contributed by atoms with Crippen LogP contribution < -0.4 is 10.5 Å². The third-order valence-electron chi connectivity index (χ3n) is 4.03. The normalized spacial score (nSPS) is 17.0. The molecule has 112 valence electrons. The van der Waals surface area contributed by atoms with Crippen LogP contribution in [0, 0.1) is 0 Å². The van der Waals surface area contributed by atoms with Crippen LogP contribution in [0.15, 0.2) is 41.3 Å². The van der Waals surface area contributed by atoms with E-state index in [1.165, 1.54) is 0 Å². The second-order valence-electron chi connectivity index (χ2n) is 5.41. The van der Waals surface area contributed by atoms with Gasteiger partial charge in [-0.3, -0.25) is 0 Å². The van der Waals surface area contributed by atoms with Gasteiger partial charge < -0.3 is 5.73 Å². The highest BCUT2D eigenvalue weighted by atomic mass is 32.2. The largest absolute Gasteiger partial charge is 0.398 e. The third kappa shape index (κ3) is 2.75. The molecule has 1 saturated carbocycles. The molecule has 0 amide bonds. The van der Waals surface area contributed by atoms with Crippen LogP contribution in [0.5, 0.6) is 0 Å². The van der Waals surface area contributed by atoms with Gasteiger partial charge in [0.25, 0.3) is 0 Å². The molecule has 21 heavy (non-hydrogen) atoms. The number of nitrogen functional groups attached to an aromatic ring is 1. The van der Waals surface area contributed by atoms with Gasteiger partial charge in [0.15, 0.2) is 0 Å². The van der Waals surface area contributed by atoms with Crippen molar-refractivity contribution in [2.45, 2.75) is 22.5 Å². The molecule has 2 aromatic rings. The van der Waals surface area contributed by atoms with Crippen LogP contribution in [0.2, 0.25) is 0 Å². The summed E-state index contributed by atoms with van der Waals surface area (Å²) in [5, 5.41) is 1.44. The van der Waals surface area contributed by atoms with Crippen LogP contribution in [-0.4, -0.2) is 26.0 Å². The van der Waals surface area contributed by atoms with E-state index in [-0.39, 0.29) is 4.75 Å². The Kier molecular flexibility index (Phi) is 3.63. The standard InChI is InChI=1S/C15H18N2O2S2/c1-20-15(8-9-15)10-17-21(18,19)14-7-6-13(16)11-4-2-3-5-12(11)14/h2-7,17H,8-10,16H2,1H3. The first-order valence-corrected chi connectivity index (χ1v) is 9.50. The van der Waals surface area contributed by atoms with Crippen molar-refractivity contribution in [3.05, 3.63) is 36.4 Å². The number of sulfonamides is 1. The van der Waals surface area contributed by atoms with Crippen LogP contribution in [0.25, 0.3) is 10.8 Å². The van der Waals surface area contributed by atoms with E-state index in [0.717, 1.165) is 18.2 Å². The Hall–Kier alpha value is -1.24. The molecule has 3 rings (SSSR count). The number of benzene rings is 2. The SMILES string of the molecule is CSC1(CNS(=O)(=O)c2ccc(N)c3ccccc23)CC1. The quantitative estimate of drug-likeness (QED) is 0.830. The molecule has 0 aliphatic heterocycles. The fourth-order valence-electron chi connectivity index (χ4n) is 2.43. The Morgan fingerprint density at radius 2 is 1.86 bits per heavy atom. The summed E-state index contributed by atoms with van der Waals surface area (Å²) in [6.45, 7) is 0.481. The Morgan fingerprint density at radius 1 is 1.19 bits per heavy atom. The molecule has 3 N–H and O–H groups in total. The minimum Gasteiger partial charge on any atom is -0.398 e. The van der Waals surface area contributed by atoms with Crippen LogP contribution >= 0.6 is 11.8 Å². The predicted octanol–water partition coefficient (Wildman–Crippen LogP) is 2.60. The molecule has 0 unspecified atom stereocenters. The van der Waals surface area contributed by atoms with Crippen molar-refractivity contribution in [3.8, 4) is 0 Å². The maximum Gasteiger partial charge on any atom is 0.241 e. The summed E-state index contributed by atoms with van der Waals surface area (Å²) < 4.78 is 28.0. The molecule has 4 nitrogen and oxygen atoms in total. The molecular formula is C15H18N2O2S2. The number of nitrogens with two attached hydrogens (primary N) is 1. The van der Waals surface area contributed by atoms with Crippen molar-refractivity contribution in [1.29, 1.82) is 0 Å². The zero-order valence-electron chi connectivity index (χ0n) is 11.8. The van der Waals surface area contributed by atoms with Gasteiger partial charge in [-0.05, 0) is 31.2 Å². The van der Waals surface area contributed by atoms with E-state index in [1.54, 1.807) is 30.0 Å². The first kappa shape index (κ1) is 14.7. The summed E-state index contributed by atoms with van der Waals surface area (Å²) in [7, 11) is -3.53. The van der Waals surface area contributed by atoms with Crippen LogP contribution in [0.1, 0.15) is 12.8 Å². The zero-order valence-corrected chi connectivity index (χ0v) is 13.4. The van der Waals surface area contributed by atoms with E-state index >= 15 is 0 Å². The van der Waals surface area contributed by atoms with E-state index in [9.17, 15) is 8.42 Å². The van der Waals surface area contributed by atoms with E-state index in [2.05, 4.69) is 4.72 Å². The maximum absolute atomic E-state index is 12.6. The molecule has 1 aliphatic rings. The molecule has 1 fully saturated rings. The number of anilines is 1. The van der Waals surface area contributed by atoms with Gasteiger partial charge in [0.05, 0.1) is 4.90 Å². The van der Waals surface area contributed by atoms with Gasteiger partial charge in [-0.15, -0.1) is 0 Å². The summed E-state index contributed by atoms with van der Waals surface area (Å²) in [4.78, 5) is 0.296. The van der Waals surface area contributed by atoms with E-state index in [0.29, 0.717) is 22.5 Å². The molecule has 0 radical (unpaired) electrons. The van der Waals surface area contributed by atoms with Gasteiger partial charge >= 0.3 is 0 Å². The van der Waals surface area contributed by atoms with Gasteiger partial charge in [0.1, 0.15) is 0 Å². The number of hydrogen-bond donors (Lipinski definition) is 2. The van der Waals surface area contributed by atoms with Crippen molar-refractivity contribution in [2.75, 3.05) is 18.5 Å². The number of thioether (sulfide) groups is 1. The molecule has 6 heteroatoms. The first-order valence-electron chi connectivity index (χ1n) is 6.79. The van der Waals surface area contributed by atoms with Gasteiger partial charge in [-0.2, -0.15) is 11.8 Å². The Labute approximate surface area is 129 Å². The van der Waals surface area contributed by atoms with Crippen molar-refractivity contribution in [2.24, 2.45) is 0 Å². The lowest BCUT2D eigenvalue weighted by molar-refractivity contribution is 0.580. The third-order valence-corrected chi connectivity index (χ3v) is 6.91. The fourth-order valence-corrected chi connectivity index (χ4v) is 4.58. The molecule has 0 heterocycles. The highest BCUT2D eigenvalue weighted by molar-refractivity contribution is 8.00. The lowest BCUT2D eigenvalue weighted by Crippen LogP contribution is -2.31. The number of fused-ring (bicyclic) bond motifs is 1. The summed E-state index contributed by atoms with van der Waals surface area (Å²) in [6.07, 6.45) is 4.16. The smallest absolute Gasteiger partial charge is 0.241 e. The van der Waals surface area contributed by atoms with Gasteiger partial charge in [-0.1, -0.05) is 24.3 Å². The highest BCUT2D eigenvalue weighted by Crippen LogP contribution is 2.46. The molecule has 0 bridgehead atoms. The van der Waals surface area contributed by atoms with Crippen molar-refractivity contribution in [1.82, 2.24) is 4.72 Å². The molecule has 2 aromatic carbocycles. The lowest BCUT2D eigenvalue weighted by Gasteiger charge is -2.15. The minimum atomic E-state index is -3.53. The van der Waals surface area contributed by atoms with Crippen molar-refractivity contribution < 1.29 is 8.42 Å². The fraction of sp³-hybridized carbons (Fsp3) is 0.333.